The van der Waals surface area contributed by atoms with Crippen LogP contribution in [0.3, 0.4) is 0 Å². The van der Waals surface area contributed by atoms with Gasteiger partial charge >= 0.3 is 0 Å². The smallest absolute Gasteiger partial charge is 0.238 e. The van der Waals surface area contributed by atoms with E-state index in [1.807, 2.05) is 12.1 Å². The van der Waals surface area contributed by atoms with Crippen LogP contribution in [0.25, 0.3) is 0 Å². The third-order valence-corrected chi connectivity index (χ3v) is 5.34. The third-order valence-electron chi connectivity index (χ3n) is 3.13. The van der Waals surface area contributed by atoms with Crippen molar-refractivity contribution >= 4 is 50.9 Å². The third kappa shape index (κ3) is 2.87. The predicted molar refractivity (Wildman–Crippen MR) is 87.6 cm³/mol. The standard InChI is InChI=1S/C15H11BrClNOS/c16-11-8-10(17)5-6-12(11)18-15(19)14-7-9-3-1-2-4-13(9)20-14/h1-6,8,14H,7H2,(H,18,19). The molecule has 0 spiro atoms. The second-order valence-corrected chi connectivity index (χ2v) is 7.07. The van der Waals surface area contributed by atoms with Crippen LogP contribution in [0.2, 0.25) is 5.02 Å². The van der Waals surface area contributed by atoms with Crippen LogP contribution in [-0.4, -0.2) is 11.2 Å². The minimum Gasteiger partial charge on any atom is -0.324 e. The van der Waals surface area contributed by atoms with Crippen molar-refractivity contribution in [3.63, 3.8) is 0 Å². The Balaban J connectivity index is 1.72. The second-order valence-electron chi connectivity index (χ2n) is 4.53. The van der Waals surface area contributed by atoms with Gasteiger partial charge in [0.1, 0.15) is 0 Å². The summed E-state index contributed by atoms with van der Waals surface area (Å²) in [6.45, 7) is 0. The van der Waals surface area contributed by atoms with E-state index >= 15 is 0 Å². The molecule has 0 bridgehead atoms. The molecule has 1 amide bonds. The number of thioether (sulfide) groups is 1. The molecular formula is C15H11BrClNOS. The summed E-state index contributed by atoms with van der Waals surface area (Å²) in [6, 6.07) is 13.5. The molecule has 5 heteroatoms. The number of carbonyl (C=O) groups excluding carboxylic acids is 1. The van der Waals surface area contributed by atoms with E-state index in [-0.39, 0.29) is 11.2 Å². The molecule has 2 aromatic carbocycles. The molecular weight excluding hydrogens is 358 g/mol. The molecule has 1 N–H and O–H groups in total. The Kier molecular flexibility index (Phi) is 4.06. The molecule has 0 radical (unpaired) electrons. The summed E-state index contributed by atoms with van der Waals surface area (Å²) in [4.78, 5) is 13.5. The maximum absolute atomic E-state index is 12.3. The van der Waals surface area contributed by atoms with Crippen molar-refractivity contribution in [3.8, 4) is 0 Å². The van der Waals surface area contributed by atoms with Crippen molar-refractivity contribution < 1.29 is 4.79 Å². The zero-order valence-corrected chi connectivity index (χ0v) is 13.6. The highest BCUT2D eigenvalue weighted by atomic mass is 79.9. The Morgan fingerprint density at radius 2 is 2.10 bits per heavy atom. The van der Waals surface area contributed by atoms with Crippen molar-refractivity contribution in [2.75, 3.05) is 5.32 Å². The van der Waals surface area contributed by atoms with Gasteiger partial charge in [-0.2, -0.15) is 0 Å². The fraction of sp³-hybridized carbons (Fsp3) is 0.133. The monoisotopic (exact) mass is 367 g/mol. The molecule has 1 aliphatic heterocycles. The van der Waals surface area contributed by atoms with Gasteiger partial charge in [-0.1, -0.05) is 29.8 Å². The van der Waals surface area contributed by atoms with Gasteiger partial charge < -0.3 is 5.32 Å². The molecule has 102 valence electrons. The summed E-state index contributed by atoms with van der Waals surface area (Å²) in [5, 5.41) is 3.51. The quantitative estimate of drug-likeness (QED) is 0.828. The number of hydrogen-bond donors (Lipinski definition) is 1. The predicted octanol–water partition coefficient (Wildman–Crippen LogP) is 4.76. The molecule has 0 aromatic heterocycles. The summed E-state index contributed by atoms with van der Waals surface area (Å²) >= 11 is 10.9. The lowest BCUT2D eigenvalue weighted by atomic mass is 10.1. The van der Waals surface area contributed by atoms with Gasteiger partial charge in [-0.3, -0.25) is 4.79 Å². The Labute approximate surface area is 135 Å². The largest absolute Gasteiger partial charge is 0.324 e. The summed E-state index contributed by atoms with van der Waals surface area (Å²) < 4.78 is 0.791. The highest BCUT2D eigenvalue weighted by molar-refractivity contribution is 9.10. The Hall–Kier alpha value is -0.970. The number of hydrogen-bond acceptors (Lipinski definition) is 2. The van der Waals surface area contributed by atoms with Crippen molar-refractivity contribution in [3.05, 3.63) is 57.5 Å². The van der Waals surface area contributed by atoms with E-state index in [2.05, 4.69) is 33.4 Å². The molecule has 1 atom stereocenters. The normalized spacial score (nSPS) is 16.8. The van der Waals surface area contributed by atoms with Gasteiger partial charge in [-0.25, -0.2) is 0 Å². The molecule has 0 fully saturated rings. The fourth-order valence-corrected chi connectivity index (χ4v) is 4.11. The van der Waals surface area contributed by atoms with E-state index in [9.17, 15) is 4.79 Å². The van der Waals surface area contributed by atoms with E-state index in [1.54, 1.807) is 30.0 Å². The Bertz CT molecular complexity index is 652. The zero-order valence-electron chi connectivity index (χ0n) is 10.4. The number of anilines is 1. The van der Waals surface area contributed by atoms with Gasteiger partial charge in [-0.15, -0.1) is 11.8 Å². The highest BCUT2D eigenvalue weighted by Crippen LogP contribution is 2.37. The SMILES string of the molecule is O=C(Nc1ccc(Cl)cc1Br)C1Cc2ccccc2S1. The van der Waals surface area contributed by atoms with E-state index < -0.39 is 0 Å². The molecule has 20 heavy (non-hydrogen) atoms. The minimum absolute atomic E-state index is 0.0224. The lowest BCUT2D eigenvalue weighted by Gasteiger charge is -2.11. The van der Waals surface area contributed by atoms with Crippen LogP contribution in [-0.2, 0) is 11.2 Å². The van der Waals surface area contributed by atoms with Crippen molar-refractivity contribution in [2.24, 2.45) is 0 Å². The summed E-state index contributed by atoms with van der Waals surface area (Å²) in [7, 11) is 0. The Morgan fingerprint density at radius 1 is 1.30 bits per heavy atom. The van der Waals surface area contributed by atoms with Crippen LogP contribution in [0.5, 0.6) is 0 Å². The molecule has 3 rings (SSSR count). The molecule has 2 nitrogen and oxygen atoms in total. The minimum atomic E-state index is -0.0741. The molecule has 0 saturated heterocycles. The number of carbonyl (C=O) groups is 1. The summed E-state index contributed by atoms with van der Waals surface area (Å²) in [5.41, 5.74) is 1.99. The van der Waals surface area contributed by atoms with E-state index in [0.29, 0.717) is 5.02 Å². The van der Waals surface area contributed by atoms with E-state index in [4.69, 9.17) is 11.6 Å². The van der Waals surface area contributed by atoms with Crippen LogP contribution in [0.4, 0.5) is 5.69 Å². The van der Waals surface area contributed by atoms with E-state index in [0.717, 1.165) is 16.6 Å². The van der Waals surface area contributed by atoms with Crippen LogP contribution < -0.4 is 5.32 Å². The zero-order chi connectivity index (χ0) is 14.1. The summed E-state index contributed by atoms with van der Waals surface area (Å²) in [6.07, 6.45) is 0.776. The van der Waals surface area contributed by atoms with Gasteiger partial charge in [0.25, 0.3) is 0 Å². The number of amides is 1. The van der Waals surface area contributed by atoms with Crippen LogP contribution in [0.1, 0.15) is 5.56 Å². The van der Waals surface area contributed by atoms with Gasteiger partial charge in [0.2, 0.25) is 5.91 Å². The molecule has 0 saturated carbocycles. The van der Waals surface area contributed by atoms with Gasteiger partial charge in [0.05, 0.1) is 10.9 Å². The molecule has 1 heterocycles. The van der Waals surface area contributed by atoms with Crippen molar-refractivity contribution in [1.82, 2.24) is 0 Å². The molecule has 0 aliphatic carbocycles. The topological polar surface area (TPSA) is 29.1 Å². The number of benzene rings is 2. The van der Waals surface area contributed by atoms with Crippen molar-refractivity contribution in [1.29, 1.82) is 0 Å². The highest BCUT2D eigenvalue weighted by Gasteiger charge is 2.28. The van der Waals surface area contributed by atoms with E-state index in [1.165, 1.54) is 10.5 Å². The second kappa shape index (κ2) is 5.80. The average Bonchev–Trinajstić information content (AvgIpc) is 2.86. The molecule has 1 aliphatic rings. The maximum Gasteiger partial charge on any atom is 0.238 e. The van der Waals surface area contributed by atoms with Crippen LogP contribution in [0, 0.1) is 0 Å². The lowest BCUT2D eigenvalue weighted by molar-refractivity contribution is -0.115. The number of halogens is 2. The first-order valence-corrected chi connectivity index (χ1v) is 8.19. The van der Waals surface area contributed by atoms with Gasteiger partial charge in [0.15, 0.2) is 0 Å². The summed E-state index contributed by atoms with van der Waals surface area (Å²) in [5.74, 6) is 0.0224. The van der Waals surface area contributed by atoms with Crippen LogP contribution >= 0.6 is 39.3 Å². The Morgan fingerprint density at radius 3 is 2.85 bits per heavy atom. The average molecular weight is 369 g/mol. The number of rotatable bonds is 2. The first-order chi connectivity index (χ1) is 9.63. The van der Waals surface area contributed by atoms with Crippen LogP contribution in [0.15, 0.2) is 51.8 Å². The molecule has 2 aromatic rings. The molecule has 1 unspecified atom stereocenters. The fourth-order valence-electron chi connectivity index (χ4n) is 2.13. The number of fused-ring (bicyclic) bond motifs is 1. The van der Waals surface area contributed by atoms with Crippen molar-refractivity contribution in [2.45, 2.75) is 16.6 Å². The lowest BCUT2D eigenvalue weighted by Crippen LogP contribution is -2.24. The first-order valence-electron chi connectivity index (χ1n) is 6.14. The maximum atomic E-state index is 12.3. The van der Waals surface area contributed by atoms with Gasteiger partial charge in [0, 0.05) is 14.4 Å². The first kappa shape index (κ1) is 14.0. The number of nitrogens with one attached hydrogen (secondary N) is 1. The van der Waals surface area contributed by atoms with Gasteiger partial charge in [-0.05, 0) is 52.2 Å².